The van der Waals surface area contributed by atoms with E-state index in [2.05, 4.69) is 43.4 Å². The van der Waals surface area contributed by atoms with E-state index in [1.165, 1.54) is 9.75 Å². The zero-order valence-corrected chi connectivity index (χ0v) is 12.9. The van der Waals surface area contributed by atoms with Crippen LogP contribution in [0.15, 0.2) is 48.5 Å². The maximum absolute atomic E-state index is 9.22. The van der Waals surface area contributed by atoms with Gasteiger partial charge < -0.3 is 5.32 Å². The highest BCUT2D eigenvalue weighted by Gasteiger charge is 2.10. The van der Waals surface area contributed by atoms with E-state index >= 15 is 0 Å². The maximum Gasteiger partial charge on any atom is 0.0998 e. The van der Waals surface area contributed by atoms with Crippen molar-refractivity contribution in [1.82, 2.24) is 0 Å². The Balaban J connectivity index is 2.00. The Morgan fingerprint density at radius 3 is 2.48 bits per heavy atom. The van der Waals surface area contributed by atoms with Gasteiger partial charge in [0.05, 0.1) is 17.7 Å². The Bertz CT molecular complexity index is 827. The molecule has 3 aromatic rings. The van der Waals surface area contributed by atoms with Crippen LogP contribution in [0.25, 0.3) is 10.8 Å². The van der Waals surface area contributed by atoms with Gasteiger partial charge in [-0.25, -0.2) is 0 Å². The average molecular weight is 292 g/mol. The van der Waals surface area contributed by atoms with Gasteiger partial charge in [-0.1, -0.05) is 24.3 Å². The summed E-state index contributed by atoms with van der Waals surface area (Å²) in [6.07, 6.45) is 0. The standard InChI is InChI=1S/C18H16N2S/c1-12-7-10-18(21-12)13(2)20-17-9-8-14(11-19)15-5-3-4-6-16(15)17/h3-10,13,20H,1-2H3. The Kier molecular flexibility index (Phi) is 3.64. The monoisotopic (exact) mass is 292 g/mol. The molecule has 1 aromatic heterocycles. The van der Waals surface area contributed by atoms with Crippen molar-refractivity contribution in [2.24, 2.45) is 0 Å². The first-order valence-electron chi connectivity index (χ1n) is 6.94. The van der Waals surface area contributed by atoms with E-state index in [0.29, 0.717) is 0 Å². The predicted octanol–water partition coefficient (Wildman–Crippen LogP) is 5.25. The summed E-state index contributed by atoms with van der Waals surface area (Å²) in [5, 5.41) is 14.9. The van der Waals surface area contributed by atoms with E-state index in [4.69, 9.17) is 0 Å². The first-order valence-corrected chi connectivity index (χ1v) is 7.75. The fourth-order valence-electron chi connectivity index (χ4n) is 2.51. The third kappa shape index (κ3) is 2.63. The molecule has 0 saturated carbocycles. The Labute approximate surface area is 128 Å². The van der Waals surface area contributed by atoms with Gasteiger partial charge in [0.2, 0.25) is 0 Å². The Morgan fingerprint density at radius 1 is 1.05 bits per heavy atom. The van der Waals surface area contributed by atoms with Gasteiger partial charge >= 0.3 is 0 Å². The van der Waals surface area contributed by atoms with Gasteiger partial charge in [0.15, 0.2) is 0 Å². The molecule has 1 unspecified atom stereocenters. The van der Waals surface area contributed by atoms with Crippen LogP contribution in [0.1, 0.15) is 28.3 Å². The molecular formula is C18H16N2S. The molecular weight excluding hydrogens is 276 g/mol. The van der Waals surface area contributed by atoms with Crippen LogP contribution in [0.4, 0.5) is 5.69 Å². The van der Waals surface area contributed by atoms with E-state index in [-0.39, 0.29) is 6.04 Å². The zero-order valence-electron chi connectivity index (χ0n) is 12.1. The number of hydrogen-bond donors (Lipinski definition) is 1. The van der Waals surface area contributed by atoms with E-state index in [1.54, 1.807) is 0 Å². The summed E-state index contributed by atoms with van der Waals surface area (Å²) in [7, 11) is 0. The van der Waals surface area contributed by atoms with Crippen LogP contribution in [0.5, 0.6) is 0 Å². The number of fused-ring (bicyclic) bond motifs is 1. The molecule has 21 heavy (non-hydrogen) atoms. The van der Waals surface area contributed by atoms with E-state index < -0.39 is 0 Å². The highest BCUT2D eigenvalue weighted by molar-refractivity contribution is 7.12. The first kappa shape index (κ1) is 13.7. The number of nitrogens with zero attached hydrogens (tertiary/aromatic N) is 1. The number of aryl methyl sites for hydroxylation is 1. The van der Waals surface area contributed by atoms with Gasteiger partial charge in [-0.2, -0.15) is 5.26 Å². The van der Waals surface area contributed by atoms with Gasteiger partial charge in [0.1, 0.15) is 0 Å². The molecule has 0 saturated heterocycles. The summed E-state index contributed by atoms with van der Waals surface area (Å²) in [6, 6.07) is 18.8. The first-order chi connectivity index (χ1) is 10.2. The molecule has 0 radical (unpaired) electrons. The smallest absolute Gasteiger partial charge is 0.0998 e. The largest absolute Gasteiger partial charge is 0.377 e. The van der Waals surface area contributed by atoms with Crippen molar-refractivity contribution in [2.45, 2.75) is 19.9 Å². The SMILES string of the molecule is Cc1ccc(C(C)Nc2ccc(C#N)c3ccccc23)s1. The fraction of sp³-hybridized carbons (Fsp3) is 0.167. The minimum Gasteiger partial charge on any atom is -0.377 e. The molecule has 2 aromatic carbocycles. The lowest BCUT2D eigenvalue weighted by Crippen LogP contribution is -2.05. The summed E-state index contributed by atoms with van der Waals surface area (Å²) in [5.41, 5.74) is 1.79. The molecule has 0 fully saturated rings. The van der Waals surface area contributed by atoms with Gasteiger partial charge in [-0.15, -0.1) is 11.3 Å². The number of rotatable bonds is 3. The highest BCUT2D eigenvalue weighted by atomic mass is 32.1. The Morgan fingerprint density at radius 2 is 1.81 bits per heavy atom. The normalized spacial score (nSPS) is 12.0. The lowest BCUT2D eigenvalue weighted by Gasteiger charge is -2.16. The molecule has 0 aliphatic heterocycles. The van der Waals surface area contributed by atoms with Crippen molar-refractivity contribution < 1.29 is 0 Å². The van der Waals surface area contributed by atoms with Crippen LogP contribution in [0.2, 0.25) is 0 Å². The molecule has 3 rings (SSSR count). The van der Waals surface area contributed by atoms with Crippen molar-refractivity contribution in [1.29, 1.82) is 5.26 Å². The van der Waals surface area contributed by atoms with Crippen LogP contribution in [0.3, 0.4) is 0 Å². The summed E-state index contributed by atoms with van der Waals surface area (Å²) < 4.78 is 0. The second-order valence-electron chi connectivity index (χ2n) is 5.13. The molecule has 0 bridgehead atoms. The number of nitrogens with one attached hydrogen (secondary N) is 1. The van der Waals surface area contributed by atoms with E-state index in [1.807, 2.05) is 41.7 Å². The third-order valence-corrected chi connectivity index (χ3v) is 4.79. The van der Waals surface area contributed by atoms with Crippen molar-refractivity contribution in [3.8, 4) is 6.07 Å². The molecule has 3 heteroatoms. The summed E-state index contributed by atoms with van der Waals surface area (Å²) >= 11 is 1.81. The van der Waals surface area contributed by atoms with Crippen LogP contribution in [-0.4, -0.2) is 0 Å². The van der Waals surface area contributed by atoms with Crippen LogP contribution in [0, 0.1) is 18.3 Å². The van der Waals surface area contributed by atoms with E-state index in [9.17, 15) is 5.26 Å². The molecule has 1 atom stereocenters. The van der Waals surface area contributed by atoms with Crippen LogP contribution in [-0.2, 0) is 0 Å². The van der Waals surface area contributed by atoms with Crippen molar-refractivity contribution in [2.75, 3.05) is 5.32 Å². The molecule has 0 amide bonds. The molecule has 2 nitrogen and oxygen atoms in total. The lowest BCUT2D eigenvalue weighted by atomic mass is 10.0. The highest BCUT2D eigenvalue weighted by Crippen LogP contribution is 2.31. The fourth-order valence-corrected chi connectivity index (χ4v) is 3.39. The van der Waals surface area contributed by atoms with Crippen molar-refractivity contribution in [3.05, 3.63) is 63.8 Å². The quantitative estimate of drug-likeness (QED) is 0.715. The molecule has 1 N–H and O–H groups in total. The third-order valence-electron chi connectivity index (χ3n) is 3.60. The second kappa shape index (κ2) is 5.59. The van der Waals surface area contributed by atoms with Crippen LogP contribution >= 0.6 is 11.3 Å². The number of thiophene rings is 1. The van der Waals surface area contributed by atoms with Gasteiger partial charge in [-0.05, 0) is 38.1 Å². The summed E-state index contributed by atoms with van der Waals surface area (Å²) in [6.45, 7) is 4.29. The number of benzene rings is 2. The molecule has 0 aliphatic rings. The van der Waals surface area contributed by atoms with Crippen molar-refractivity contribution >= 4 is 27.8 Å². The van der Waals surface area contributed by atoms with Gasteiger partial charge in [0.25, 0.3) is 0 Å². The minimum atomic E-state index is 0.250. The molecule has 0 spiro atoms. The van der Waals surface area contributed by atoms with Crippen LogP contribution < -0.4 is 5.32 Å². The van der Waals surface area contributed by atoms with Gasteiger partial charge in [0, 0.05) is 26.2 Å². The zero-order chi connectivity index (χ0) is 14.8. The number of anilines is 1. The van der Waals surface area contributed by atoms with Gasteiger partial charge in [-0.3, -0.25) is 0 Å². The topological polar surface area (TPSA) is 35.8 Å². The van der Waals surface area contributed by atoms with Crippen molar-refractivity contribution in [3.63, 3.8) is 0 Å². The molecule has 104 valence electrons. The molecule has 1 heterocycles. The van der Waals surface area contributed by atoms with E-state index in [0.717, 1.165) is 22.0 Å². The number of nitriles is 1. The lowest BCUT2D eigenvalue weighted by molar-refractivity contribution is 0.910. The molecule has 0 aliphatic carbocycles. The number of hydrogen-bond acceptors (Lipinski definition) is 3. The predicted molar refractivity (Wildman–Crippen MR) is 89.8 cm³/mol. The minimum absolute atomic E-state index is 0.250. The average Bonchev–Trinajstić information content (AvgIpc) is 2.94. The summed E-state index contributed by atoms with van der Waals surface area (Å²) in [5.74, 6) is 0. The summed E-state index contributed by atoms with van der Waals surface area (Å²) in [4.78, 5) is 2.64. The Hall–Kier alpha value is -2.31. The maximum atomic E-state index is 9.22. The second-order valence-corrected chi connectivity index (χ2v) is 6.45.